The Kier molecular flexibility index (Phi) is 3.29. The molecule has 0 aliphatic rings. The Morgan fingerprint density at radius 1 is 1.29 bits per heavy atom. The first kappa shape index (κ1) is 10.3. The first-order valence-corrected chi connectivity index (χ1v) is 4.00. The Morgan fingerprint density at radius 3 is 2.14 bits per heavy atom. The molecule has 3 nitrogen and oxygen atoms in total. The predicted octanol–water partition coefficient (Wildman–Crippen LogP) is 1.91. The summed E-state index contributed by atoms with van der Waals surface area (Å²) in [5, 5.41) is 8.57. The number of rotatable bonds is 3. The predicted molar refractivity (Wildman–Crippen MR) is 48.8 cm³/mol. The fourth-order valence-corrected chi connectivity index (χ4v) is 1.21. The first-order valence-electron chi connectivity index (χ1n) is 4.00. The largest absolute Gasteiger partial charge is 0.496 e. The van der Waals surface area contributed by atoms with Gasteiger partial charge in [0.05, 0.1) is 32.3 Å². The van der Waals surface area contributed by atoms with Gasteiger partial charge in [0.25, 0.3) is 0 Å². The van der Waals surface area contributed by atoms with Gasteiger partial charge in [-0.05, 0) is 0 Å². The molecular weight excluding hydrogens is 185 g/mol. The van der Waals surface area contributed by atoms with Gasteiger partial charge in [0.2, 0.25) is 0 Å². The summed E-state index contributed by atoms with van der Waals surface area (Å²) in [4.78, 5) is 0. The van der Waals surface area contributed by atoms with Crippen LogP contribution >= 0.6 is 0 Å². The molecule has 14 heavy (non-hydrogen) atoms. The van der Waals surface area contributed by atoms with Crippen LogP contribution in [0.2, 0.25) is 0 Å². The smallest absolute Gasteiger partial charge is 0.130 e. The van der Waals surface area contributed by atoms with Crippen molar-refractivity contribution in [1.29, 1.82) is 5.26 Å². The summed E-state index contributed by atoms with van der Waals surface area (Å²) >= 11 is 0. The Labute approximate surface area is 81.7 Å². The highest BCUT2D eigenvalue weighted by molar-refractivity contribution is 5.46. The molecule has 1 rings (SSSR count). The van der Waals surface area contributed by atoms with Crippen LogP contribution in [-0.4, -0.2) is 14.2 Å². The van der Waals surface area contributed by atoms with Gasteiger partial charge in [0.1, 0.15) is 17.3 Å². The van der Waals surface area contributed by atoms with E-state index in [9.17, 15) is 4.39 Å². The average molecular weight is 195 g/mol. The van der Waals surface area contributed by atoms with E-state index in [1.165, 1.54) is 26.4 Å². The van der Waals surface area contributed by atoms with Gasteiger partial charge < -0.3 is 9.47 Å². The molecule has 0 atom stereocenters. The van der Waals surface area contributed by atoms with Crippen molar-refractivity contribution >= 4 is 0 Å². The number of hydrogen-bond acceptors (Lipinski definition) is 3. The Bertz CT molecular complexity index is 346. The second-order valence-electron chi connectivity index (χ2n) is 2.62. The van der Waals surface area contributed by atoms with Crippen LogP contribution in [0.5, 0.6) is 11.5 Å². The highest BCUT2D eigenvalue weighted by atomic mass is 19.1. The van der Waals surface area contributed by atoms with Crippen molar-refractivity contribution in [2.24, 2.45) is 0 Å². The fraction of sp³-hybridized carbons (Fsp3) is 0.300. The van der Waals surface area contributed by atoms with Crippen molar-refractivity contribution in [3.63, 3.8) is 0 Å². The zero-order valence-electron chi connectivity index (χ0n) is 8.00. The molecule has 0 saturated carbocycles. The van der Waals surface area contributed by atoms with E-state index in [4.69, 9.17) is 14.7 Å². The molecule has 4 heteroatoms. The van der Waals surface area contributed by atoms with Crippen LogP contribution < -0.4 is 9.47 Å². The van der Waals surface area contributed by atoms with E-state index in [1.54, 1.807) is 0 Å². The van der Waals surface area contributed by atoms with Crippen LogP contribution in [0.3, 0.4) is 0 Å². The number of benzene rings is 1. The average Bonchev–Trinajstić information content (AvgIpc) is 2.20. The standard InChI is InChI=1S/C10H10FNO2/c1-13-9-5-7(11)6-10(14-2)8(9)3-4-12/h5-6H,3H2,1-2H3. The number of halogens is 1. The van der Waals surface area contributed by atoms with E-state index in [-0.39, 0.29) is 6.42 Å². The molecule has 0 unspecified atom stereocenters. The van der Waals surface area contributed by atoms with Gasteiger partial charge in [-0.1, -0.05) is 0 Å². The summed E-state index contributed by atoms with van der Waals surface area (Å²) in [7, 11) is 2.85. The molecule has 0 saturated heterocycles. The highest BCUT2D eigenvalue weighted by Gasteiger charge is 2.11. The van der Waals surface area contributed by atoms with Crippen molar-refractivity contribution in [3.8, 4) is 17.6 Å². The summed E-state index contributed by atoms with van der Waals surface area (Å²) in [5.74, 6) is 0.229. The maximum Gasteiger partial charge on any atom is 0.130 e. The summed E-state index contributed by atoms with van der Waals surface area (Å²) in [6.07, 6.45) is 0.132. The zero-order valence-corrected chi connectivity index (χ0v) is 8.00. The van der Waals surface area contributed by atoms with Crippen molar-refractivity contribution in [3.05, 3.63) is 23.5 Å². The van der Waals surface area contributed by atoms with Gasteiger partial charge >= 0.3 is 0 Å². The van der Waals surface area contributed by atoms with Gasteiger partial charge in [0, 0.05) is 12.1 Å². The molecule has 0 aromatic heterocycles. The van der Waals surface area contributed by atoms with Crippen LogP contribution in [0, 0.1) is 17.1 Å². The minimum Gasteiger partial charge on any atom is -0.496 e. The Hall–Kier alpha value is -1.76. The zero-order chi connectivity index (χ0) is 10.6. The summed E-state index contributed by atoms with van der Waals surface area (Å²) in [5.41, 5.74) is 0.568. The summed E-state index contributed by atoms with van der Waals surface area (Å²) < 4.78 is 22.9. The van der Waals surface area contributed by atoms with E-state index in [0.717, 1.165) is 0 Å². The normalized spacial score (nSPS) is 9.29. The van der Waals surface area contributed by atoms with Gasteiger partial charge in [-0.3, -0.25) is 0 Å². The second kappa shape index (κ2) is 4.47. The maximum absolute atomic E-state index is 13.0. The molecule has 0 spiro atoms. The van der Waals surface area contributed by atoms with Crippen LogP contribution in [0.4, 0.5) is 4.39 Å². The molecule has 74 valence electrons. The fourth-order valence-electron chi connectivity index (χ4n) is 1.21. The maximum atomic E-state index is 13.0. The van der Waals surface area contributed by atoms with E-state index < -0.39 is 5.82 Å². The van der Waals surface area contributed by atoms with E-state index in [0.29, 0.717) is 17.1 Å². The monoisotopic (exact) mass is 195 g/mol. The van der Waals surface area contributed by atoms with Gasteiger partial charge in [-0.15, -0.1) is 0 Å². The topological polar surface area (TPSA) is 42.2 Å². The number of hydrogen-bond donors (Lipinski definition) is 0. The molecule has 1 aromatic carbocycles. The van der Waals surface area contributed by atoms with Crippen molar-refractivity contribution in [2.45, 2.75) is 6.42 Å². The first-order chi connectivity index (χ1) is 6.72. The van der Waals surface area contributed by atoms with Crippen LogP contribution in [-0.2, 0) is 6.42 Å². The third kappa shape index (κ3) is 1.94. The van der Waals surface area contributed by atoms with Gasteiger partial charge in [-0.25, -0.2) is 4.39 Å². The molecule has 0 aliphatic heterocycles. The molecule has 0 N–H and O–H groups in total. The summed E-state index contributed by atoms with van der Waals surface area (Å²) in [6, 6.07) is 4.43. The number of ether oxygens (including phenoxy) is 2. The van der Waals surface area contributed by atoms with Crippen molar-refractivity contribution in [2.75, 3.05) is 14.2 Å². The van der Waals surface area contributed by atoms with E-state index in [1.807, 2.05) is 6.07 Å². The van der Waals surface area contributed by atoms with Crippen LogP contribution in [0.25, 0.3) is 0 Å². The van der Waals surface area contributed by atoms with Gasteiger partial charge in [0.15, 0.2) is 0 Å². The van der Waals surface area contributed by atoms with Crippen LogP contribution in [0.1, 0.15) is 5.56 Å². The molecule has 0 aliphatic carbocycles. The molecule has 0 bridgehead atoms. The summed E-state index contributed by atoms with van der Waals surface area (Å²) in [6.45, 7) is 0. The number of nitriles is 1. The minimum absolute atomic E-state index is 0.132. The van der Waals surface area contributed by atoms with Crippen molar-refractivity contribution in [1.82, 2.24) is 0 Å². The SMILES string of the molecule is COc1cc(F)cc(OC)c1CC#N. The van der Waals surface area contributed by atoms with Gasteiger partial charge in [-0.2, -0.15) is 5.26 Å². The Morgan fingerprint density at radius 2 is 1.79 bits per heavy atom. The number of methoxy groups -OCH3 is 2. The molecule has 0 radical (unpaired) electrons. The van der Waals surface area contributed by atoms with E-state index in [2.05, 4.69) is 0 Å². The lowest BCUT2D eigenvalue weighted by Crippen LogP contribution is -1.97. The molecule has 1 aromatic rings. The molecule has 0 heterocycles. The highest BCUT2D eigenvalue weighted by Crippen LogP contribution is 2.30. The molecular formula is C10H10FNO2. The molecule has 0 amide bonds. The Balaban J connectivity index is 3.26. The molecule has 0 fully saturated rings. The van der Waals surface area contributed by atoms with E-state index >= 15 is 0 Å². The lowest BCUT2D eigenvalue weighted by Gasteiger charge is -2.10. The lowest BCUT2D eigenvalue weighted by molar-refractivity contribution is 0.381. The van der Waals surface area contributed by atoms with Crippen LogP contribution in [0.15, 0.2) is 12.1 Å². The number of nitrogens with zero attached hydrogens (tertiary/aromatic N) is 1. The minimum atomic E-state index is -0.444. The third-order valence-electron chi connectivity index (χ3n) is 1.83. The third-order valence-corrected chi connectivity index (χ3v) is 1.83. The quantitative estimate of drug-likeness (QED) is 0.739. The second-order valence-corrected chi connectivity index (χ2v) is 2.62. The van der Waals surface area contributed by atoms with Crippen molar-refractivity contribution < 1.29 is 13.9 Å². The lowest BCUT2D eigenvalue weighted by atomic mass is 10.1.